The monoisotopic (exact) mass is 295 g/mol. The standard InChI is InChI=1S/C15H22ClN3O/c16-12-6-4-7-13(17)14(12)15(20)18-8-5-11-19-9-2-1-3-10-19/h4,6-7H,1-3,5,8-11,17H2,(H,18,20). The highest BCUT2D eigenvalue weighted by Crippen LogP contribution is 2.21. The van der Waals surface area contributed by atoms with E-state index >= 15 is 0 Å². The maximum absolute atomic E-state index is 12.0. The number of hydrogen-bond donors (Lipinski definition) is 2. The number of hydrogen-bond acceptors (Lipinski definition) is 3. The molecule has 1 aliphatic heterocycles. The van der Waals surface area contributed by atoms with Crippen molar-refractivity contribution in [3.05, 3.63) is 28.8 Å². The summed E-state index contributed by atoms with van der Waals surface area (Å²) in [7, 11) is 0. The predicted octanol–water partition coefficient (Wildman–Crippen LogP) is 2.53. The molecule has 2 rings (SSSR count). The molecule has 1 aliphatic rings. The van der Waals surface area contributed by atoms with E-state index in [2.05, 4.69) is 10.2 Å². The Morgan fingerprint density at radius 3 is 2.75 bits per heavy atom. The number of piperidine rings is 1. The number of carbonyl (C=O) groups excluding carboxylic acids is 1. The van der Waals surface area contributed by atoms with E-state index in [0.717, 1.165) is 13.0 Å². The summed E-state index contributed by atoms with van der Waals surface area (Å²) >= 11 is 6.01. The first-order valence-corrected chi connectivity index (χ1v) is 7.61. The van der Waals surface area contributed by atoms with Gasteiger partial charge in [-0.1, -0.05) is 24.1 Å². The second-order valence-electron chi connectivity index (χ2n) is 5.22. The van der Waals surface area contributed by atoms with E-state index < -0.39 is 0 Å². The van der Waals surface area contributed by atoms with Gasteiger partial charge in [-0.2, -0.15) is 0 Å². The number of nitrogens with zero attached hydrogens (tertiary/aromatic N) is 1. The summed E-state index contributed by atoms with van der Waals surface area (Å²) in [5.41, 5.74) is 6.59. The number of likely N-dealkylation sites (tertiary alicyclic amines) is 1. The number of nitrogens with two attached hydrogens (primary N) is 1. The van der Waals surface area contributed by atoms with Gasteiger partial charge < -0.3 is 16.0 Å². The molecule has 0 bridgehead atoms. The fourth-order valence-electron chi connectivity index (χ4n) is 2.56. The molecule has 1 heterocycles. The maximum atomic E-state index is 12.0. The van der Waals surface area contributed by atoms with Crippen LogP contribution >= 0.6 is 11.6 Å². The highest BCUT2D eigenvalue weighted by atomic mass is 35.5. The normalized spacial score (nSPS) is 16.1. The van der Waals surface area contributed by atoms with Gasteiger partial charge >= 0.3 is 0 Å². The molecule has 1 aromatic rings. The Kier molecular flexibility index (Phi) is 5.68. The molecule has 0 atom stereocenters. The van der Waals surface area contributed by atoms with Gasteiger partial charge in [-0.05, 0) is 51.0 Å². The number of amides is 1. The zero-order chi connectivity index (χ0) is 14.4. The first-order valence-electron chi connectivity index (χ1n) is 7.23. The quantitative estimate of drug-likeness (QED) is 0.648. The van der Waals surface area contributed by atoms with Crippen molar-refractivity contribution in [3.63, 3.8) is 0 Å². The van der Waals surface area contributed by atoms with Gasteiger partial charge in [0.2, 0.25) is 0 Å². The van der Waals surface area contributed by atoms with Gasteiger partial charge in [-0.25, -0.2) is 0 Å². The molecule has 0 saturated carbocycles. The summed E-state index contributed by atoms with van der Waals surface area (Å²) in [5, 5.41) is 3.29. The van der Waals surface area contributed by atoms with E-state index in [1.807, 2.05) is 0 Å². The van der Waals surface area contributed by atoms with Gasteiger partial charge in [-0.15, -0.1) is 0 Å². The third-order valence-electron chi connectivity index (χ3n) is 3.66. The molecule has 0 unspecified atom stereocenters. The van der Waals surface area contributed by atoms with Crippen LogP contribution in [0.15, 0.2) is 18.2 Å². The van der Waals surface area contributed by atoms with Gasteiger partial charge in [-0.3, -0.25) is 4.79 Å². The average Bonchev–Trinajstić information content (AvgIpc) is 2.44. The van der Waals surface area contributed by atoms with Crippen molar-refractivity contribution in [1.29, 1.82) is 0 Å². The maximum Gasteiger partial charge on any atom is 0.254 e. The third-order valence-corrected chi connectivity index (χ3v) is 3.97. The lowest BCUT2D eigenvalue weighted by Gasteiger charge is -2.26. The van der Waals surface area contributed by atoms with Crippen LogP contribution in [-0.4, -0.2) is 37.0 Å². The van der Waals surface area contributed by atoms with Crippen LogP contribution in [0.5, 0.6) is 0 Å². The van der Waals surface area contributed by atoms with E-state index in [1.165, 1.54) is 32.4 Å². The first kappa shape index (κ1) is 15.1. The Morgan fingerprint density at radius 1 is 1.30 bits per heavy atom. The van der Waals surface area contributed by atoms with Gasteiger partial charge in [0, 0.05) is 12.2 Å². The minimum atomic E-state index is -0.188. The molecule has 20 heavy (non-hydrogen) atoms. The summed E-state index contributed by atoms with van der Waals surface area (Å²) in [4.78, 5) is 14.5. The largest absolute Gasteiger partial charge is 0.398 e. The first-order chi connectivity index (χ1) is 9.68. The summed E-state index contributed by atoms with van der Waals surface area (Å²) < 4.78 is 0. The average molecular weight is 296 g/mol. The number of rotatable bonds is 5. The summed E-state index contributed by atoms with van der Waals surface area (Å²) in [5.74, 6) is -0.188. The lowest BCUT2D eigenvalue weighted by Crippen LogP contribution is -2.33. The molecule has 0 radical (unpaired) electrons. The van der Waals surface area contributed by atoms with E-state index in [-0.39, 0.29) is 5.91 Å². The fourth-order valence-corrected chi connectivity index (χ4v) is 2.82. The van der Waals surface area contributed by atoms with Crippen molar-refractivity contribution in [2.45, 2.75) is 25.7 Å². The van der Waals surface area contributed by atoms with Crippen LogP contribution in [0.1, 0.15) is 36.0 Å². The zero-order valence-corrected chi connectivity index (χ0v) is 12.5. The Hall–Kier alpha value is -1.26. The topological polar surface area (TPSA) is 58.4 Å². The number of halogens is 1. The van der Waals surface area contributed by atoms with Crippen molar-refractivity contribution in [2.75, 3.05) is 31.9 Å². The van der Waals surface area contributed by atoms with Crippen LogP contribution in [0.25, 0.3) is 0 Å². The van der Waals surface area contributed by atoms with Gasteiger partial charge in [0.1, 0.15) is 0 Å². The van der Waals surface area contributed by atoms with Crippen LogP contribution < -0.4 is 11.1 Å². The van der Waals surface area contributed by atoms with Gasteiger partial charge in [0.25, 0.3) is 5.91 Å². The Bertz CT molecular complexity index is 438. The van der Waals surface area contributed by atoms with Crippen LogP contribution in [-0.2, 0) is 0 Å². The lowest BCUT2D eigenvalue weighted by molar-refractivity contribution is 0.0952. The molecule has 4 nitrogen and oxygen atoms in total. The second-order valence-corrected chi connectivity index (χ2v) is 5.62. The summed E-state index contributed by atoms with van der Waals surface area (Å²) in [6, 6.07) is 5.11. The van der Waals surface area contributed by atoms with Crippen LogP contribution in [0.3, 0.4) is 0 Å². The molecule has 5 heteroatoms. The second kappa shape index (κ2) is 7.50. The molecule has 0 aliphatic carbocycles. The van der Waals surface area contributed by atoms with Crippen molar-refractivity contribution in [1.82, 2.24) is 10.2 Å². The molecule has 0 spiro atoms. The molecular weight excluding hydrogens is 274 g/mol. The smallest absolute Gasteiger partial charge is 0.254 e. The van der Waals surface area contributed by atoms with E-state index in [0.29, 0.717) is 22.8 Å². The summed E-state index contributed by atoms with van der Waals surface area (Å²) in [6.07, 6.45) is 4.89. The Labute approximate surface area is 125 Å². The number of nitrogen functional groups attached to an aromatic ring is 1. The fraction of sp³-hybridized carbons (Fsp3) is 0.533. The molecule has 1 aromatic carbocycles. The molecular formula is C15H22ClN3O. The van der Waals surface area contributed by atoms with E-state index in [4.69, 9.17) is 17.3 Å². The van der Waals surface area contributed by atoms with E-state index in [9.17, 15) is 4.79 Å². The Balaban J connectivity index is 1.75. The van der Waals surface area contributed by atoms with Crippen LogP contribution in [0, 0.1) is 0 Å². The molecule has 3 N–H and O–H groups in total. The highest BCUT2D eigenvalue weighted by Gasteiger charge is 2.13. The van der Waals surface area contributed by atoms with Crippen molar-refractivity contribution < 1.29 is 4.79 Å². The number of benzene rings is 1. The minimum absolute atomic E-state index is 0.188. The molecule has 0 aromatic heterocycles. The van der Waals surface area contributed by atoms with Crippen molar-refractivity contribution in [3.8, 4) is 0 Å². The number of nitrogens with one attached hydrogen (secondary N) is 1. The summed E-state index contributed by atoms with van der Waals surface area (Å²) in [6.45, 7) is 4.06. The highest BCUT2D eigenvalue weighted by molar-refractivity contribution is 6.34. The van der Waals surface area contributed by atoms with E-state index in [1.54, 1.807) is 18.2 Å². The zero-order valence-electron chi connectivity index (χ0n) is 11.7. The van der Waals surface area contributed by atoms with Gasteiger partial charge in [0.05, 0.1) is 10.6 Å². The molecule has 1 saturated heterocycles. The minimum Gasteiger partial charge on any atom is -0.398 e. The van der Waals surface area contributed by atoms with Crippen LogP contribution in [0.4, 0.5) is 5.69 Å². The van der Waals surface area contributed by atoms with Crippen molar-refractivity contribution in [2.24, 2.45) is 0 Å². The molecule has 1 amide bonds. The SMILES string of the molecule is Nc1cccc(Cl)c1C(=O)NCCCN1CCCCC1. The Morgan fingerprint density at radius 2 is 2.05 bits per heavy atom. The van der Waals surface area contributed by atoms with Crippen molar-refractivity contribution >= 4 is 23.2 Å². The molecule has 110 valence electrons. The van der Waals surface area contributed by atoms with Gasteiger partial charge in [0.15, 0.2) is 0 Å². The number of anilines is 1. The lowest BCUT2D eigenvalue weighted by atomic mass is 10.1. The predicted molar refractivity (Wildman–Crippen MR) is 83.1 cm³/mol. The molecule has 1 fully saturated rings. The third kappa shape index (κ3) is 4.12. The van der Waals surface area contributed by atoms with Crippen LogP contribution in [0.2, 0.25) is 5.02 Å². The number of carbonyl (C=O) groups is 1.